The lowest BCUT2D eigenvalue weighted by atomic mass is 9.75. The number of carbonyl (C=O) groups excluding carboxylic acids is 1. The van der Waals surface area contributed by atoms with Gasteiger partial charge in [-0.05, 0) is 24.7 Å². The summed E-state index contributed by atoms with van der Waals surface area (Å²) in [4.78, 5) is 22.3. The second kappa shape index (κ2) is 5.45. The number of fused-ring (bicyclic) bond motifs is 1. The first-order valence-corrected chi connectivity index (χ1v) is 7.38. The quantitative estimate of drug-likeness (QED) is 0.794. The Hall–Kier alpha value is -1.16. The zero-order chi connectivity index (χ0) is 13.2. The number of aromatic nitrogens is 2. The van der Waals surface area contributed by atoms with Crippen LogP contribution in [0, 0.1) is 11.8 Å². The van der Waals surface area contributed by atoms with Crippen molar-refractivity contribution >= 4 is 17.5 Å². The van der Waals surface area contributed by atoms with Crippen molar-refractivity contribution in [3.63, 3.8) is 0 Å². The maximum atomic E-state index is 12.4. The molecule has 5 heteroatoms. The van der Waals surface area contributed by atoms with Crippen LogP contribution in [-0.4, -0.2) is 33.9 Å². The lowest BCUT2D eigenvalue weighted by Crippen LogP contribution is -2.45. The number of halogens is 1. The summed E-state index contributed by atoms with van der Waals surface area (Å²) >= 11 is 5.79. The van der Waals surface area contributed by atoms with Gasteiger partial charge in [0.25, 0.3) is 5.91 Å². The molecule has 0 aromatic carbocycles. The first-order chi connectivity index (χ1) is 9.24. The molecule has 0 N–H and O–H groups in total. The fourth-order valence-corrected chi connectivity index (χ4v) is 3.54. The summed E-state index contributed by atoms with van der Waals surface area (Å²) < 4.78 is 0. The van der Waals surface area contributed by atoms with Gasteiger partial charge in [0.2, 0.25) is 0 Å². The monoisotopic (exact) mass is 279 g/mol. The van der Waals surface area contributed by atoms with E-state index < -0.39 is 0 Å². The summed E-state index contributed by atoms with van der Waals surface area (Å²) in [5, 5.41) is 0.276. The summed E-state index contributed by atoms with van der Waals surface area (Å²) in [6.45, 7) is 1.71. The number of piperidine rings is 1. The van der Waals surface area contributed by atoms with Gasteiger partial charge in [-0.3, -0.25) is 9.78 Å². The van der Waals surface area contributed by atoms with Crippen molar-refractivity contribution in [2.75, 3.05) is 13.1 Å². The van der Waals surface area contributed by atoms with Crippen molar-refractivity contribution in [3.05, 3.63) is 23.2 Å². The van der Waals surface area contributed by atoms with Crippen LogP contribution in [0.5, 0.6) is 0 Å². The van der Waals surface area contributed by atoms with Gasteiger partial charge in [0.1, 0.15) is 10.8 Å². The molecule has 0 bridgehead atoms. The second-order valence-corrected chi connectivity index (χ2v) is 5.96. The number of amides is 1. The standard InChI is InChI=1S/C14H18ClN3O/c15-13-8-16-7-12(17-13)14(19)18-6-5-10-3-1-2-4-11(10)9-18/h7-8,10-11H,1-6,9H2. The molecule has 1 amide bonds. The van der Waals surface area contributed by atoms with Gasteiger partial charge in [-0.2, -0.15) is 0 Å². The molecule has 2 aliphatic rings. The number of hydrogen-bond donors (Lipinski definition) is 0. The minimum Gasteiger partial charge on any atom is -0.337 e. The lowest BCUT2D eigenvalue weighted by molar-refractivity contribution is 0.0515. The van der Waals surface area contributed by atoms with E-state index in [0.29, 0.717) is 11.6 Å². The van der Waals surface area contributed by atoms with E-state index in [0.717, 1.165) is 25.4 Å². The fraction of sp³-hybridized carbons (Fsp3) is 0.643. The zero-order valence-corrected chi connectivity index (χ0v) is 11.6. The number of hydrogen-bond acceptors (Lipinski definition) is 3. The fourth-order valence-electron chi connectivity index (χ4n) is 3.39. The molecule has 1 aromatic heterocycles. The van der Waals surface area contributed by atoms with Crippen LogP contribution in [-0.2, 0) is 0 Å². The molecule has 1 aliphatic carbocycles. The molecule has 2 unspecified atom stereocenters. The molecule has 1 aliphatic heterocycles. The Morgan fingerprint density at radius 1 is 1.21 bits per heavy atom. The number of nitrogens with zero attached hydrogens (tertiary/aromatic N) is 3. The molecule has 1 saturated heterocycles. The van der Waals surface area contributed by atoms with E-state index in [9.17, 15) is 4.79 Å². The van der Waals surface area contributed by atoms with Crippen molar-refractivity contribution in [1.29, 1.82) is 0 Å². The minimum atomic E-state index is -0.0287. The van der Waals surface area contributed by atoms with Crippen LogP contribution in [0.25, 0.3) is 0 Å². The van der Waals surface area contributed by atoms with Gasteiger partial charge in [-0.15, -0.1) is 0 Å². The average Bonchev–Trinajstić information content (AvgIpc) is 2.46. The molecular weight excluding hydrogens is 262 g/mol. The normalized spacial score (nSPS) is 26.9. The Bertz CT molecular complexity index is 480. The molecule has 2 atom stereocenters. The Kier molecular flexibility index (Phi) is 3.69. The van der Waals surface area contributed by atoms with Crippen molar-refractivity contribution < 1.29 is 4.79 Å². The average molecular weight is 280 g/mol. The van der Waals surface area contributed by atoms with E-state index >= 15 is 0 Å². The third-order valence-corrected chi connectivity index (χ3v) is 4.58. The van der Waals surface area contributed by atoms with Crippen LogP contribution in [0.2, 0.25) is 5.15 Å². The Labute approximate surface area is 118 Å². The number of carbonyl (C=O) groups is 1. The summed E-state index contributed by atoms with van der Waals surface area (Å²) in [6, 6.07) is 0. The predicted octanol–water partition coefficient (Wildman–Crippen LogP) is 2.78. The van der Waals surface area contributed by atoms with Crippen molar-refractivity contribution in [2.45, 2.75) is 32.1 Å². The van der Waals surface area contributed by atoms with Gasteiger partial charge < -0.3 is 4.90 Å². The van der Waals surface area contributed by atoms with Crippen LogP contribution in [0.3, 0.4) is 0 Å². The third-order valence-electron chi connectivity index (χ3n) is 4.40. The number of rotatable bonds is 1. The van der Waals surface area contributed by atoms with E-state index in [1.807, 2.05) is 4.90 Å². The van der Waals surface area contributed by atoms with Crippen LogP contribution in [0.4, 0.5) is 0 Å². The van der Waals surface area contributed by atoms with E-state index in [2.05, 4.69) is 9.97 Å². The summed E-state index contributed by atoms with van der Waals surface area (Å²) in [6.07, 6.45) is 9.34. The van der Waals surface area contributed by atoms with Crippen LogP contribution in [0.15, 0.2) is 12.4 Å². The third kappa shape index (κ3) is 2.73. The van der Waals surface area contributed by atoms with Gasteiger partial charge in [0.15, 0.2) is 0 Å². The molecule has 2 heterocycles. The molecule has 0 spiro atoms. The van der Waals surface area contributed by atoms with Gasteiger partial charge >= 0.3 is 0 Å². The molecule has 4 nitrogen and oxygen atoms in total. The van der Waals surface area contributed by atoms with Crippen LogP contribution < -0.4 is 0 Å². The molecule has 1 aromatic rings. The molecule has 102 valence electrons. The van der Waals surface area contributed by atoms with Crippen molar-refractivity contribution in [1.82, 2.24) is 14.9 Å². The van der Waals surface area contributed by atoms with Crippen molar-refractivity contribution in [3.8, 4) is 0 Å². The highest BCUT2D eigenvalue weighted by Crippen LogP contribution is 2.36. The van der Waals surface area contributed by atoms with Gasteiger partial charge in [0, 0.05) is 13.1 Å². The topological polar surface area (TPSA) is 46.1 Å². The molecular formula is C14H18ClN3O. The van der Waals surface area contributed by atoms with E-state index in [1.165, 1.54) is 38.1 Å². The maximum Gasteiger partial charge on any atom is 0.274 e. The van der Waals surface area contributed by atoms with Gasteiger partial charge in [0.05, 0.1) is 12.4 Å². The smallest absolute Gasteiger partial charge is 0.274 e. The highest BCUT2D eigenvalue weighted by Gasteiger charge is 2.33. The minimum absolute atomic E-state index is 0.0287. The van der Waals surface area contributed by atoms with Crippen LogP contribution in [0.1, 0.15) is 42.6 Å². The largest absolute Gasteiger partial charge is 0.337 e. The highest BCUT2D eigenvalue weighted by molar-refractivity contribution is 6.29. The van der Waals surface area contributed by atoms with Gasteiger partial charge in [-0.1, -0.05) is 30.9 Å². The first-order valence-electron chi connectivity index (χ1n) is 7.01. The second-order valence-electron chi connectivity index (χ2n) is 5.57. The molecule has 19 heavy (non-hydrogen) atoms. The Morgan fingerprint density at radius 3 is 2.79 bits per heavy atom. The summed E-state index contributed by atoms with van der Waals surface area (Å²) in [5.41, 5.74) is 0.363. The van der Waals surface area contributed by atoms with E-state index in [-0.39, 0.29) is 11.1 Å². The van der Waals surface area contributed by atoms with Crippen LogP contribution >= 0.6 is 11.6 Å². The van der Waals surface area contributed by atoms with Crippen molar-refractivity contribution in [2.24, 2.45) is 11.8 Å². The molecule has 3 rings (SSSR count). The first kappa shape index (κ1) is 12.9. The SMILES string of the molecule is O=C(c1cncc(Cl)n1)N1CCC2CCCCC2C1. The molecule has 2 fully saturated rings. The Balaban J connectivity index is 1.71. The van der Waals surface area contributed by atoms with Gasteiger partial charge in [-0.25, -0.2) is 4.98 Å². The summed E-state index contributed by atoms with van der Waals surface area (Å²) in [5.74, 6) is 1.47. The maximum absolute atomic E-state index is 12.4. The number of likely N-dealkylation sites (tertiary alicyclic amines) is 1. The zero-order valence-electron chi connectivity index (χ0n) is 10.9. The highest BCUT2D eigenvalue weighted by atomic mass is 35.5. The summed E-state index contributed by atoms with van der Waals surface area (Å²) in [7, 11) is 0. The molecule has 1 saturated carbocycles. The lowest BCUT2D eigenvalue weighted by Gasteiger charge is -2.41. The predicted molar refractivity (Wildman–Crippen MR) is 73.0 cm³/mol. The van der Waals surface area contributed by atoms with E-state index in [1.54, 1.807) is 0 Å². The Morgan fingerprint density at radius 2 is 2.00 bits per heavy atom. The van der Waals surface area contributed by atoms with E-state index in [4.69, 9.17) is 11.6 Å². The molecule has 0 radical (unpaired) electrons.